The highest BCUT2D eigenvalue weighted by molar-refractivity contribution is 8.26. The van der Waals surface area contributed by atoms with Crippen LogP contribution in [0.4, 0.5) is 0 Å². The highest BCUT2D eigenvalue weighted by Crippen LogP contribution is 2.36. The molecule has 1 aromatic rings. The van der Waals surface area contributed by atoms with Crippen LogP contribution in [0, 0.1) is 0 Å². The molecule has 1 aromatic carbocycles. The van der Waals surface area contributed by atoms with Crippen LogP contribution in [-0.2, 0) is 14.4 Å². The van der Waals surface area contributed by atoms with Crippen molar-refractivity contribution < 1.29 is 34.1 Å². The number of thiocarbonyl (C=S) groups is 1. The molecule has 0 unspecified atom stereocenters. The Hall–Kier alpha value is -2.59. The third-order valence-corrected chi connectivity index (χ3v) is 5.11. The van der Waals surface area contributed by atoms with E-state index in [1.54, 1.807) is 24.3 Å². The number of nitrogens with zero attached hydrogens (tertiary/aromatic N) is 1. The molecule has 0 saturated carbocycles. The Morgan fingerprint density at radius 2 is 2.00 bits per heavy atom. The summed E-state index contributed by atoms with van der Waals surface area (Å²) in [6.45, 7) is 0. The zero-order chi connectivity index (χ0) is 20.1. The second-order valence-corrected chi connectivity index (χ2v) is 7.12. The van der Waals surface area contributed by atoms with E-state index in [0.29, 0.717) is 17.1 Å². The Morgan fingerprint density at radius 3 is 2.56 bits per heavy atom. The molecule has 27 heavy (non-hydrogen) atoms. The van der Waals surface area contributed by atoms with Crippen molar-refractivity contribution >= 4 is 52.2 Å². The summed E-state index contributed by atoms with van der Waals surface area (Å²) in [4.78, 5) is 36.2. The van der Waals surface area contributed by atoms with Gasteiger partial charge < -0.3 is 19.7 Å². The predicted molar refractivity (Wildman–Crippen MR) is 103 cm³/mol. The molecule has 0 radical (unpaired) electrons. The molecule has 1 saturated heterocycles. The molecule has 2 N–H and O–H groups in total. The standard InChI is InChI=1S/C17H17NO7S2/c1-24-10-4-3-9(12(8-10)25-2)7-13-15(21)18(17(26)27-13)11(16(22)23)5-6-14(19)20/h3-4,7-8,11H,5-6H2,1-2H3,(H,19,20)(H,22,23)/b13-7+/t11-/m0/s1. The fraction of sp³-hybridized carbons (Fsp3) is 0.294. The van der Waals surface area contributed by atoms with Gasteiger partial charge in [-0.3, -0.25) is 14.5 Å². The lowest BCUT2D eigenvalue weighted by Crippen LogP contribution is -2.44. The molecule has 1 fully saturated rings. The number of hydrogen-bond acceptors (Lipinski definition) is 7. The van der Waals surface area contributed by atoms with E-state index in [4.69, 9.17) is 26.8 Å². The number of carboxylic acid groups (broad SMARTS) is 2. The minimum Gasteiger partial charge on any atom is -0.497 e. The smallest absolute Gasteiger partial charge is 0.326 e. The number of aliphatic carboxylic acids is 2. The number of benzene rings is 1. The van der Waals surface area contributed by atoms with Gasteiger partial charge in [-0.15, -0.1) is 0 Å². The topological polar surface area (TPSA) is 113 Å². The first kappa shape index (κ1) is 20.7. The molecular formula is C17H17NO7S2. The van der Waals surface area contributed by atoms with Gasteiger partial charge in [-0.2, -0.15) is 0 Å². The second kappa shape index (κ2) is 8.87. The maximum absolute atomic E-state index is 12.7. The van der Waals surface area contributed by atoms with Gasteiger partial charge >= 0.3 is 11.9 Å². The van der Waals surface area contributed by atoms with Crippen molar-refractivity contribution in [2.75, 3.05) is 14.2 Å². The lowest BCUT2D eigenvalue weighted by Gasteiger charge is -2.22. The van der Waals surface area contributed by atoms with Crippen molar-refractivity contribution in [3.63, 3.8) is 0 Å². The number of hydrogen-bond donors (Lipinski definition) is 2. The van der Waals surface area contributed by atoms with Gasteiger partial charge in [0.1, 0.15) is 21.9 Å². The average molecular weight is 411 g/mol. The van der Waals surface area contributed by atoms with Gasteiger partial charge in [0.25, 0.3) is 5.91 Å². The first-order valence-corrected chi connectivity index (χ1v) is 8.94. The van der Waals surface area contributed by atoms with Crippen LogP contribution in [0.3, 0.4) is 0 Å². The fourth-order valence-electron chi connectivity index (χ4n) is 2.45. The zero-order valence-electron chi connectivity index (χ0n) is 14.5. The zero-order valence-corrected chi connectivity index (χ0v) is 16.1. The Labute approximate surface area is 164 Å². The third-order valence-electron chi connectivity index (χ3n) is 3.78. The van der Waals surface area contributed by atoms with Gasteiger partial charge in [0, 0.05) is 18.1 Å². The number of carbonyl (C=O) groups excluding carboxylic acids is 1. The Kier molecular flexibility index (Phi) is 6.81. The van der Waals surface area contributed by atoms with Gasteiger partial charge in [-0.1, -0.05) is 24.0 Å². The normalized spacial score (nSPS) is 16.5. The van der Waals surface area contributed by atoms with Crippen LogP contribution in [-0.4, -0.2) is 57.5 Å². The lowest BCUT2D eigenvalue weighted by atomic mass is 10.1. The molecule has 1 aliphatic heterocycles. The molecule has 1 atom stereocenters. The highest BCUT2D eigenvalue weighted by Gasteiger charge is 2.40. The summed E-state index contributed by atoms with van der Waals surface area (Å²) in [7, 11) is 2.99. The van der Waals surface area contributed by atoms with Crippen LogP contribution >= 0.6 is 24.0 Å². The number of carboxylic acids is 2. The van der Waals surface area contributed by atoms with E-state index in [-0.39, 0.29) is 22.1 Å². The SMILES string of the molecule is COc1ccc(/C=C2/SC(=S)N([C@@H](CCC(=O)O)C(=O)O)C2=O)c(OC)c1. The van der Waals surface area contributed by atoms with E-state index < -0.39 is 23.9 Å². The van der Waals surface area contributed by atoms with Crippen LogP contribution < -0.4 is 9.47 Å². The summed E-state index contributed by atoms with van der Waals surface area (Å²) in [5.41, 5.74) is 0.594. The first-order valence-electron chi connectivity index (χ1n) is 7.72. The van der Waals surface area contributed by atoms with Gasteiger partial charge in [-0.25, -0.2) is 4.79 Å². The van der Waals surface area contributed by atoms with E-state index >= 15 is 0 Å². The Balaban J connectivity index is 2.33. The lowest BCUT2D eigenvalue weighted by molar-refractivity contribution is -0.146. The highest BCUT2D eigenvalue weighted by atomic mass is 32.2. The van der Waals surface area contributed by atoms with Crippen molar-refractivity contribution in [2.24, 2.45) is 0 Å². The van der Waals surface area contributed by atoms with Gasteiger partial charge in [0.05, 0.1) is 19.1 Å². The average Bonchev–Trinajstić information content (AvgIpc) is 2.89. The molecule has 0 spiro atoms. The summed E-state index contributed by atoms with van der Waals surface area (Å²) < 4.78 is 10.5. The molecule has 2 rings (SSSR count). The summed E-state index contributed by atoms with van der Waals surface area (Å²) in [5, 5.41) is 18.2. The summed E-state index contributed by atoms with van der Waals surface area (Å²) in [5.74, 6) is -1.99. The monoisotopic (exact) mass is 411 g/mol. The predicted octanol–water partition coefficient (Wildman–Crippen LogP) is 2.22. The Bertz CT molecular complexity index is 821. The molecule has 1 aliphatic rings. The number of carbonyl (C=O) groups is 3. The summed E-state index contributed by atoms with van der Waals surface area (Å²) in [6.07, 6.45) is 0.920. The molecule has 1 amide bonds. The minimum atomic E-state index is -1.34. The van der Waals surface area contributed by atoms with Gasteiger partial charge in [0.2, 0.25) is 0 Å². The third kappa shape index (κ3) is 4.77. The van der Waals surface area contributed by atoms with Crippen molar-refractivity contribution in [3.05, 3.63) is 28.7 Å². The largest absolute Gasteiger partial charge is 0.497 e. The van der Waals surface area contributed by atoms with E-state index in [9.17, 15) is 19.5 Å². The van der Waals surface area contributed by atoms with Gasteiger partial charge in [0.15, 0.2) is 0 Å². The van der Waals surface area contributed by atoms with Gasteiger partial charge in [-0.05, 0) is 24.6 Å². The van der Waals surface area contributed by atoms with Crippen LogP contribution in [0.5, 0.6) is 11.5 Å². The number of methoxy groups -OCH3 is 2. The molecule has 144 valence electrons. The van der Waals surface area contributed by atoms with Crippen molar-refractivity contribution in [3.8, 4) is 11.5 Å². The molecule has 10 heteroatoms. The summed E-state index contributed by atoms with van der Waals surface area (Å²) in [6, 6.07) is 3.71. The minimum absolute atomic E-state index is 0.0662. The number of rotatable bonds is 8. The van der Waals surface area contributed by atoms with E-state index in [1.807, 2.05) is 0 Å². The van der Waals surface area contributed by atoms with Crippen LogP contribution in [0.15, 0.2) is 23.1 Å². The molecule has 0 aromatic heterocycles. The van der Waals surface area contributed by atoms with Crippen LogP contribution in [0.1, 0.15) is 18.4 Å². The quantitative estimate of drug-likeness (QED) is 0.491. The second-order valence-electron chi connectivity index (χ2n) is 5.45. The van der Waals surface area contributed by atoms with E-state index in [2.05, 4.69) is 0 Å². The maximum Gasteiger partial charge on any atom is 0.326 e. The number of amides is 1. The van der Waals surface area contributed by atoms with Crippen molar-refractivity contribution in [1.82, 2.24) is 4.90 Å². The number of ether oxygens (including phenoxy) is 2. The number of thioether (sulfide) groups is 1. The molecule has 0 aliphatic carbocycles. The molecular weight excluding hydrogens is 394 g/mol. The first-order chi connectivity index (χ1) is 12.8. The fourth-order valence-corrected chi connectivity index (χ4v) is 3.80. The van der Waals surface area contributed by atoms with Crippen LogP contribution in [0.25, 0.3) is 6.08 Å². The van der Waals surface area contributed by atoms with E-state index in [1.165, 1.54) is 14.2 Å². The van der Waals surface area contributed by atoms with Crippen molar-refractivity contribution in [2.45, 2.75) is 18.9 Å². The van der Waals surface area contributed by atoms with E-state index in [0.717, 1.165) is 16.7 Å². The maximum atomic E-state index is 12.7. The molecule has 0 bridgehead atoms. The molecule has 8 nitrogen and oxygen atoms in total. The van der Waals surface area contributed by atoms with Crippen molar-refractivity contribution in [1.29, 1.82) is 0 Å². The molecule has 1 heterocycles. The Morgan fingerprint density at radius 1 is 1.30 bits per heavy atom. The summed E-state index contributed by atoms with van der Waals surface area (Å²) >= 11 is 6.11. The van der Waals surface area contributed by atoms with Crippen LogP contribution in [0.2, 0.25) is 0 Å².